The Hall–Kier alpha value is -2.30. The summed E-state index contributed by atoms with van der Waals surface area (Å²) in [5.41, 5.74) is 1.61. The van der Waals surface area contributed by atoms with Gasteiger partial charge in [0.1, 0.15) is 5.69 Å². The lowest BCUT2D eigenvalue weighted by Gasteiger charge is -2.36. The monoisotopic (exact) mass is 385 g/mol. The molecule has 1 amide bonds. The molecule has 0 radical (unpaired) electrons. The van der Waals surface area contributed by atoms with Crippen molar-refractivity contribution in [3.63, 3.8) is 0 Å². The minimum absolute atomic E-state index is 0.0679. The number of aromatic nitrogens is 1. The topological polar surface area (TPSA) is 36.4 Å². The summed E-state index contributed by atoms with van der Waals surface area (Å²) in [5.74, 6) is -0.0679. The van der Waals surface area contributed by atoms with Crippen molar-refractivity contribution in [2.75, 3.05) is 31.1 Å². The lowest BCUT2D eigenvalue weighted by atomic mass is 10.1. The van der Waals surface area contributed by atoms with Gasteiger partial charge >= 0.3 is 0 Å². The highest BCUT2D eigenvalue weighted by atomic mass is 35.5. The van der Waals surface area contributed by atoms with E-state index >= 15 is 0 Å². The van der Waals surface area contributed by atoms with Crippen LogP contribution in [-0.2, 0) is 0 Å². The van der Waals surface area contributed by atoms with E-state index in [0.717, 1.165) is 23.9 Å². The van der Waals surface area contributed by atoms with Gasteiger partial charge in [0.15, 0.2) is 0 Å². The molecule has 1 fully saturated rings. The molecule has 2 heterocycles. The number of carbonyl (C=O) groups excluding carboxylic acids is 1. The zero-order valence-corrected chi connectivity index (χ0v) is 15.5. The van der Waals surface area contributed by atoms with Gasteiger partial charge in [-0.2, -0.15) is 0 Å². The quantitative estimate of drug-likeness (QED) is 0.651. The van der Waals surface area contributed by atoms with Crippen LogP contribution in [0.5, 0.6) is 0 Å². The molecule has 1 saturated heterocycles. The van der Waals surface area contributed by atoms with Crippen LogP contribution in [0.25, 0.3) is 10.8 Å². The highest BCUT2D eigenvalue weighted by Crippen LogP contribution is 2.32. The lowest BCUT2D eigenvalue weighted by Crippen LogP contribution is -2.49. The second kappa shape index (κ2) is 7.14. The zero-order valence-electron chi connectivity index (χ0n) is 14.0. The molecule has 0 unspecified atom stereocenters. The van der Waals surface area contributed by atoms with Crippen LogP contribution >= 0.6 is 23.2 Å². The maximum atomic E-state index is 13.0. The first-order chi connectivity index (χ1) is 12.6. The van der Waals surface area contributed by atoms with Gasteiger partial charge in [0.2, 0.25) is 0 Å². The number of hydrogen-bond acceptors (Lipinski definition) is 3. The molecule has 0 aliphatic carbocycles. The van der Waals surface area contributed by atoms with Crippen LogP contribution < -0.4 is 4.90 Å². The number of piperazine rings is 1. The molecule has 6 heteroatoms. The van der Waals surface area contributed by atoms with Gasteiger partial charge in [-0.25, -0.2) is 0 Å². The number of nitrogens with zero attached hydrogens (tertiary/aromatic N) is 3. The highest BCUT2D eigenvalue weighted by Gasteiger charge is 2.24. The Labute approximate surface area is 161 Å². The molecule has 1 aromatic heterocycles. The largest absolute Gasteiger partial charge is 0.368 e. The number of anilines is 1. The number of para-hydroxylation sites is 1. The Morgan fingerprint density at radius 1 is 0.885 bits per heavy atom. The van der Waals surface area contributed by atoms with Crippen LogP contribution in [0.15, 0.2) is 54.7 Å². The van der Waals surface area contributed by atoms with E-state index in [0.29, 0.717) is 28.8 Å². The molecule has 0 spiro atoms. The van der Waals surface area contributed by atoms with E-state index in [1.165, 1.54) is 5.69 Å². The molecule has 0 saturated carbocycles. The maximum absolute atomic E-state index is 13.0. The van der Waals surface area contributed by atoms with Crippen molar-refractivity contribution in [1.82, 2.24) is 9.88 Å². The number of hydrogen-bond donors (Lipinski definition) is 0. The fourth-order valence-corrected chi connectivity index (χ4v) is 3.71. The molecular formula is C20H17Cl2N3O. The molecule has 0 atom stereocenters. The van der Waals surface area contributed by atoms with E-state index in [1.54, 1.807) is 18.3 Å². The van der Waals surface area contributed by atoms with Crippen molar-refractivity contribution in [3.05, 3.63) is 70.5 Å². The Kier molecular flexibility index (Phi) is 4.70. The number of benzene rings is 2. The average Bonchev–Trinajstić information content (AvgIpc) is 2.71. The van der Waals surface area contributed by atoms with Gasteiger partial charge < -0.3 is 9.80 Å². The molecule has 4 nitrogen and oxygen atoms in total. The summed E-state index contributed by atoms with van der Waals surface area (Å²) in [5, 5.41) is 2.41. The van der Waals surface area contributed by atoms with E-state index in [9.17, 15) is 4.79 Å². The van der Waals surface area contributed by atoms with E-state index in [2.05, 4.69) is 22.0 Å². The van der Waals surface area contributed by atoms with E-state index in [4.69, 9.17) is 23.2 Å². The summed E-state index contributed by atoms with van der Waals surface area (Å²) in [6.07, 6.45) is 1.61. The van der Waals surface area contributed by atoms with E-state index in [-0.39, 0.29) is 5.91 Å². The third kappa shape index (κ3) is 3.11. The van der Waals surface area contributed by atoms with Crippen LogP contribution in [0.2, 0.25) is 10.0 Å². The summed E-state index contributed by atoms with van der Waals surface area (Å²) in [4.78, 5) is 21.5. The molecule has 132 valence electrons. The van der Waals surface area contributed by atoms with E-state index < -0.39 is 0 Å². The fraction of sp³-hybridized carbons (Fsp3) is 0.200. The summed E-state index contributed by atoms with van der Waals surface area (Å²) in [7, 11) is 0. The molecule has 0 N–H and O–H groups in total. The molecule has 0 bridgehead atoms. The van der Waals surface area contributed by atoms with Gasteiger partial charge in [0.25, 0.3) is 5.91 Å². The van der Waals surface area contributed by atoms with Crippen LogP contribution in [0.3, 0.4) is 0 Å². The maximum Gasteiger partial charge on any atom is 0.273 e. The molecule has 1 aliphatic heterocycles. The van der Waals surface area contributed by atoms with Crippen LogP contribution in [0.4, 0.5) is 5.69 Å². The first kappa shape index (κ1) is 17.1. The minimum atomic E-state index is -0.0679. The second-order valence-corrected chi connectivity index (χ2v) is 7.02. The third-order valence-electron chi connectivity index (χ3n) is 4.72. The van der Waals surface area contributed by atoms with Gasteiger partial charge in [0.05, 0.1) is 10.0 Å². The first-order valence-electron chi connectivity index (χ1n) is 8.47. The van der Waals surface area contributed by atoms with Crippen molar-refractivity contribution >= 4 is 45.6 Å². The molecular weight excluding hydrogens is 369 g/mol. The van der Waals surface area contributed by atoms with Gasteiger partial charge in [-0.05, 0) is 24.3 Å². The van der Waals surface area contributed by atoms with Crippen molar-refractivity contribution in [2.45, 2.75) is 0 Å². The van der Waals surface area contributed by atoms with E-state index in [1.807, 2.05) is 29.2 Å². The smallest absolute Gasteiger partial charge is 0.273 e. The normalized spacial score (nSPS) is 14.7. The minimum Gasteiger partial charge on any atom is -0.368 e. The predicted molar refractivity (Wildman–Crippen MR) is 106 cm³/mol. The van der Waals surface area contributed by atoms with Gasteiger partial charge in [-0.3, -0.25) is 9.78 Å². The standard InChI is InChI=1S/C20H17Cl2N3O/c21-17-7-6-16-15(18(17)22)8-9-23-19(16)20(26)25-12-10-24(11-13-25)14-4-2-1-3-5-14/h1-9H,10-13H2. The Bertz CT molecular complexity index is 954. The Morgan fingerprint density at radius 3 is 2.35 bits per heavy atom. The summed E-state index contributed by atoms with van der Waals surface area (Å²) in [6.45, 7) is 2.92. The van der Waals surface area contributed by atoms with Gasteiger partial charge in [-0.15, -0.1) is 0 Å². The summed E-state index contributed by atoms with van der Waals surface area (Å²) < 4.78 is 0. The average molecular weight is 386 g/mol. The number of pyridine rings is 1. The number of halogens is 2. The van der Waals surface area contributed by atoms with Crippen molar-refractivity contribution < 1.29 is 4.79 Å². The third-order valence-corrected chi connectivity index (χ3v) is 5.54. The Morgan fingerprint density at radius 2 is 1.62 bits per heavy atom. The fourth-order valence-electron chi connectivity index (χ4n) is 3.32. The lowest BCUT2D eigenvalue weighted by molar-refractivity contribution is 0.0743. The number of fused-ring (bicyclic) bond motifs is 1. The Balaban J connectivity index is 1.56. The SMILES string of the molecule is O=C(c1nccc2c(Cl)c(Cl)ccc12)N1CCN(c2ccccc2)CC1. The van der Waals surface area contributed by atoms with Crippen molar-refractivity contribution in [1.29, 1.82) is 0 Å². The number of rotatable bonds is 2. The zero-order chi connectivity index (χ0) is 18.1. The summed E-state index contributed by atoms with van der Waals surface area (Å²) >= 11 is 12.4. The van der Waals surface area contributed by atoms with Crippen LogP contribution in [0, 0.1) is 0 Å². The first-order valence-corrected chi connectivity index (χ1v) is 9.23. The van der Waals surface area contributed by atoms with Crippen LogP contribution in [0.1, 0.15) is 10.5 Å². The van der Waals surface area contributed by atoms with Crippen molar-refractivity contribution in [2.24, 2.45) is 0 Å². The molecule has 1 aliphatic rings. The molecule has 26 heavy (non-hydrogen) atoms. The van der Waals surface area contributed by atoms with Crippen molar-refractivity contribution in [3.8, 4) is 0 Å². The van der Waals surface area contributed by atoms with Crippen LogP contribution in [-0.4, -0.2) is 42.0 Å². The number of carbonyl (C=O) groups is 1. The number of amides is 1. The molecule has 2 aromatic carbocycles. The molecule has 3 aromatic rings. The van der Waals surface area contributed by atoms with Gasteiger partial charge in [-0.1, -0.05) is 47.5 Å². The molecule has 4 rings (SSSR count). The second-order valence-electron chi connectivity index (χ2n) is 6.23. The summed E-state index contributed by atoms with van der Waals surface area (Å²) in [6, 6.07) is 15.6. The highest BCUT2D eigenvalue weighted by molar-refractivity contribution is 6.45. The predicted octanol–water partition coefficient (Wildman–Crippen LogP) is 4.50. The van der Waals surface area contributed by atoms with Gasteiger partial charge in [0, 0.05) is 48.8 Å².